The lowest BCUT2D eigenvalue weighted by atomic mass is 9.80. The molecule has 0 nitrogen and oxygen atoms in total. The predicted octanol–water partition coefficient (Wildman–Crippen LogP) is 10.9. The molecule has 0 atom stereocenters. The maximum atomic E-state index is 2.53. The van der Waals surface area contributed by atoms with Crippen LogP contribution in [0.2, 0.25) is 0 Å². The molecule has 0 saturated heterocycles. The lowest BCUT2D eigenvalue weighted by Crippen LogP contribution is -2.15. The van der Waals surface area contributed by atoms with Gasteiger partial charge in [-0.15, -0.1) is 0 Å². The van der Waals surface area contributed by atoms with E-state index >= 15 is 0 Å². The van der Waals surface area contributed by atoms with Gasteiger partial charge in [-0.05, 0) is 114 Å². The molecular weight excluding hydrogens is 504 g/mol. The third kappa shape index (κ3) is 3.08. The Balaban J connectivity index is 1.10. The molecule has 0 fully saturated rings. The standard InChI is InChI=1S/C42H34/c1-41(2)35-11-6-5-9-31(35)32-20-18-28(22-36(32)41)25-12-14-26(15-13-25)29-19-21-33-37(23-29)42(3,4)38-24-30-17-16-27-8-7-10-34(39(27)30)40(33)38/h5-15,18-24H,16-17H2,1-4H3. The molecule has 0 radical (unpaired) electrons. The van der Waals surface area contributed by atoms with E-state index in [0.29, 0.717) is 0 Å². The monoisotopic (exact) mass is 538 g/mol. The van der Waals surface area contributed by atoms with Gasteiger partial charge in [0.2, 0.25) is 0 Å². The zero-order valence-corrected chi connectivity index (χ0v) is 24.8. The van der Waals surface area contributed by atoms with Crippen molar-refractivity contribution in [2.24, 2.45) is 0 Å². The van der Waals surface area contributed by atoms with Crippen LogP contribution in [-0.4, -0.2) is 0 Å². The third-order valence-corrected chi connectivity index (χ3v) is 10.8. The van der Waals surface area contributed by atoms with Crippen LogP contribution in [0.5, 0.6) is 0 Å². The van der Waals surface area contributed by atoms with Gasteiger partial charge in [-0.25, -0.2) is 0 Å². The van der Waals surface area contributed by atoms with Crippen molar-refractivity contribution in [3.05, 3.63) is 143 Å². The molecule has 9 rings (SSSR count). The molecule has 0 heterocycles. The first-order valence-corrected chi connectivity index (χ1v) is 15.4. The normalized spacial score (nSPS) is 16.3. The first kappa shape index (κ1) is 24.2. The van der Waals surface area contributed by atoms with Gasteiger partial charge in [0, 0.05) is 10.8 Å². The van der Waals surface area contributed by atoms with Gasteiger partial charge in [0.1, 0.15) is 0 Å². The van der Waals surface area contributed by atoms with Crippen LogP contribution in [0.25, 0.3) is 55.3 Å². The van der Waals surface area contributed by atoms with E-state index in [2.05, 4.69) is 137 Å². The summed E-state index contributed by atoms with van der Waals surface area (Å²) in [5, 5.41) is 2.96. The van der Waals surface area contributed by atoms with Crippen LogP contribution >= 0.6 is 0 Å². The Morgan fingerprint density at radius 3 is 1.74 bits per heavy atom. The van der Waals surface area contributed by atoms with Crippen LogP contribution in [0.4, 0.5) is 0 Å². The minimum atomic E-state index is -0.0152. The van der Waals surface area contributed by atoms with Gasteiger partial charge in [0.15, 0.2) is 0 Å². The van der Waals surface area contributed by atoms with E-state index in [0.717, 1.165) is 0 Å². The maximum Gasteiger partial charge on any atom is 0.0159 e. The smallest absolute Gasteiger partial charge is 0.0159 e. The summed E-state index contributed by atoms with van der Waals surface area (Å²) in [4.78, 5) is 0. The fourth-order valence-electron chi connectivity index (χ4n) is 8.45. The minimum Gasteiger partial charge on any atom is -0.0619 e. The largest absolute Gasteiger partial charge is 0.0619 e. The lowest BCUT2D eigenvalue weighted by Gasteiger charge is -2.23. The van der Waals surface area contributed by atoms with E-state index in [-0.39, 0.29) is 10.8 Å². The number of rotatable bonds is 2. The molecule has 0 unspecified atom stereocenters. The molecule has 0 bridgehead atoms. The van der Waals surface area contributed by atoms with Crippen molar-refractivity contribution in [3.8, 4) is 44.5 Å². The average molecular weight is 539 g/mol. The van der Waals surface area contributed by atoms with Crippen molar-refractivity contribution in [1.82, 2.24) is 0 Å². The Labute approximate surface area is 248 Å². The number of fused-ring (bicyclic) bond motifs is 7. The van der Waals surface area contributed by atoms with Gasteiger partial charge >= 0.3 is 0 Å². The molecule has 202 valence electrons. The van der Waals surface area contributed by atoms with Crippen LogP contribution in [0.15, 0.2) is 109 Å². The van der Waals surface area contributed by atoms with Crippen molar-refractivity contribution in [1.29, 1.82) is 0 Å². The second-order valence-corrected chi connectivity index (χ2v) is 13.7. The summed E-state index contributed by atoms with van der Waals surface area (Å²) in [6.07, 6.45) is 2.34. The number of hydrogen-bond donors (Lipinski definition) is 0. The van der Waals surface area contributed by atoms with Gasteiger partial charge in [-0.3, -0.25) is 0 Å². The molecule has 3 aliphatic carbocycles. The SMILES string of the molecule is CC1(C)c2ccccc2-c2ccc(-c3ccc(-c4ccc5c(c4)C(C)(C)c4cc6c7c(cccc7c4-5)CC6)cc3)cc21. The molecule has 0 heteroatoms. The summed E-state index contributed by atoms with van der Waals surface area (Å²) >= 11 is 0. The van der Waals surface area contributed by atoms with Crippen molar-refractivity contribution < 1.29 is 0 Å². The summed E-state index contributed by atoms with van der Waals surface area (Å²) in [5.74, 6) is 0. The Kier molecular flexibility index (Phi) is 4.67. The molecule has 0 amide bonds. The van der Waals surface area contributed by atoms with E-state index in [1.54, 1.807) is 0 Å². The molecule has 6 aromatic rings. The third-order valence-electron chi connectivity index (χ3n) is 10.8. The molecule has 6 aromatic carbocycles. The highest BCUT2D eigenvalue weighted by atomic mass is 14.4. The Morgan fingerprint density at radius 1 is 0.429 bits per heavy atom. The van der Waals surface area contributed by atoms with Crippen LogP contribution < -0.4 is 0 Å². The van der Waals surface area contributed by atoms with Gasteiger partial charge in [0.05, 0.1) is 0 Å². The Morgan fingerprint density at radius 2 is 1.00 bits per heavy atom. The van der Waals surface area contributed by atoms with Crippen LogP contribution in [0, 0.1) is 0 Å². The van der Waals surface area contributed by atoms with Gasteiger partial charge in [-0.1, -0.05) is 125 Å². The van der Waals surface area contributed by atoms with Crippen molar-refractivity contribution in [3.63, 3.8) is 0 Å². The minimum absolute atomic E-state index is 0.0152. The molecule has 0 aromatic heterocycles. The highest BCUT2D eigenvalue weighted by molar-refractivity contribution is 6.06. The van der Waals surface area contributed by atoms with Crippen molar-refractivity contribution >= 4 is 10.8 Å². The zero-order valence-electron chi connectivity index (χ0n) is 24.8. The van der Waals surface area contributed by atoms with Crippen molar-refractivity contribution in [2.75, 3.05) is 0 Å². The summed E-state index contributed by atoms with van der Waals surface area (Å²) < 4.78 is 0. The quantitative estimate of drug-likeness (QED) is 0.206. The molecule has 0 spiro atoms. The lowest BCUT2D eigenvalue weighted by molar-refractivity contribution is 0.660. The van der Waals surface area contributed by atoms with E-state index in [9.17, 15) is 0 Å². The molecular formula is C42H34. The highest BCUT2D eigenvalue weighted by Gasteiger charge is 2.38. The van der Waals surface area contributed by atoms with Crippen LogP contribution in [0.1, 0.15) is 61.1 Å². The first-order valence-electron chi connectivity index (χ1n) is 15.4. The summed E-state index contributed by atoms with van der Waals surface area (Å²) in [6, 6.07) is 41.7. The summed E-state index contributed by atoms with van der Waals surface area (Å²) in [6.45, 7) is 9.53. The van der Waals surface area contributed by atoms with Crippen LogP contribution in [-0.2, 0) is 23.7 Å². The number of aryl methyl sites for hydroxylation is 2. The topological polar surface area (TPSA) is 0 Å². The fraction of sp³-hybridized carbons (Fsp3) is 0.190. The average Bonchev–Trinajstić information content (AvgIpc) is 3.61. The van der Waals surface area contributed by atoms with E-state index in [1.165, 1.54) is 102 Å². The number of hydrogen-bond acceptors (Lipinski definition) is 0. The Bertz CT molecular complexity index is 2120. The van der Waals surface area contributed by atoms with E-state index in [4.69, 9.17) is 0 Å². The zero-order chi connectivity index (χ0) is 28.4. The molecule has 3 aliphatic rings. The van der Waals surface area contributed by atoms with Gasteiger partial charge < -0.3 is 0 Å². The molecule has 42 heavy (non-hydrogen) atoms. The van der Waals surface area contributed by atoms with Gasteiger partial charge in [0.25, 0.3) is 0 Å². The maximum absolute atomic E-state index is 2.53. The second-order valence-electron chi connectivity index (χ2n) is 13.7. The number of benzene rings is 6. The highest BCUT2D eigenvalue weighted by Crippen LogP contribution is 2.54. The summed E-state index contributed by atoms with van der Waals surface area (Å²) in [5.41, 5.74) is 19.6. The predicted molar refractivity (Wildman–Crippen MR) is 177 cm³/mol. The van der Waals surface area contributed by atoms with Crippen LogP contribution in [0.3, 0.4) is 0 Å². The molecule has 0 saturated carbocycles. The Hall–Kier alpha value is -4.42. The van der Waals surface area contributed by atoms with Crippen molar-refractivity contribution in [2.45, 2.75) is 51.4 Å². The first-order chi connectivity index (χ1) is 20.3. The molecule has 0 aliphatic heterocycles. The van der Waals surface area contributed by atoms with Gasteiger partial charge in [-0.2, -0.15) is 0 Å². The summed E-state index contributed by atoms with van der Waals surface area (Å²) in [7, 11) is 0. The second kappa shape index (κ2) is 8.11. The fourth-order valence-corrected chi connectivity index (χ4v) is 8.45. The van der Waals surface area contributed by atoms with E-state index in [1.807, 2.05) is 0 Å². The molecule has 0 N–H and O–H groups in total. The van der Waals surface area contributed by atoms with E-state index < -0.39 is 0 Å².